The van der Waals surface area contributed by atoms with Crippen molar-refractivity contribution >= 4 is 50.8 Å². The largest absolute Gasteiger partial charge is 0.334 e. The van der Waals surface area contributed by atoms with Gasteiger partial charge in [0, 0.05) is 4.47 Å². The number of halogens is 3. The summed E-state index contributed by atoms with van der Waals surface area (Å²) >= 11 is 9.93. The highest BCUT2D eigenvalue weighted by atomic mass is 79.9. The number of nitrogens with one attached hydrogen (secondary N) is 1. The Labute approximate surface area is 103 Å². The molecule has 0 fully saturated rings. The molecule has 0 spiro atoms. The lowest BCUT2D eigenvalue weighted by Gasteiger charge is -2.04. The van der Waals surface area contributed by atoms with Crippen LogP contribution in [0, 0.1) is 5.82 Å². The maximum absolute atomic E-state index is 13.3. The zero-order chi connectivity index (χ0) is 10.8. The van der Waals surface area contributed by atoms with E-state index in [0.29, 0.717) is 11.5 Å². The molecule has 0 aliphatic rings. The monoisotopic (exact) mass is 307 g/mol. The van der Waals surface area contributed by atoms with Crippen LogP contribution in [0.1, 0.15) is 0 Å². The van der Waals surface area contributed by atoms with E-state index in [-0.39, 0.29) is 11.0 Å². The van der Waals surface area contributed by atoms with E-state index in [1.807, 2.05) is 0 Å². The Bertz CT molecular complexity index is 490. The van der Waals surface area contributed by atoms with Crippen LogP contribution < -0.4 is 5.32 Å². The molecule has 78 valence electrons. The minimum absolute atomic E-state index is 0.236. The van der Waals surface area contributed by atoms with Crippen molar-refractivity contribution in [1.29, 1.82) is 0 Å². The first-order valence-corrected chi connectivity index (χ1v) is 5.77. The molecule has 1 aromatic carbocycles. The van der Waals surface area contributed by atoms with E-state index in [0.717, 1.165) is 16.2 Å². The van der Waals surface area contributed by atoms with Crippen molar-refractivity contribution in [2.75, 3.05) is 5.32 Å². The van der Waals surface area contributed by atoms with Crippen LogP contribution in [0.4, 0.5) is 15.9 Å². The Morgan fingerprint density at radius 3 is 2.87 bits per heavy atom. The van der Waals surface area contributed by atoms with Gasteiger partial charge in [0.1, 0.15) is 5.82 Å². The van der Waals surface area contributed by atoms with Gasteiger partial charge in [0.15, 0.2) is 11.0 Å². The fourth-order valence-electron chi connectivity index (χ4n) is 0.973. The first kappa shape index (κ1) is 10.8. The van der Waals surface area contributed by atoms with E-state index in [1.165, 1.54) is 6.07 Å². The van der Waals surface area contributed by atoms with Gasteiger partial charge in [0.25, 0.3) is 0 Å². The second-order valence-corrected chi connectivity index (χ2v) is 4.45. The van der Waals surface area contributed by atoms with E-state index < -0.39 is 0 Å². The quantitative estimate of drug-likeness (QED) is 0.916. The summed E-state index contributed by atoms with van der Waals surface area (Å²) in [4.78, 5) is 0. The lowest BCUT2D eigenvalue weighted by molar-refractivity contribution is 0.631. The molecule has 0 saturated heterocycles. The molecule has 7 heteroatoms. The summed E-state index contributed by atoms with van der Waals surface area (Å²) in [5.74, 6) is -0.0130. The molecule has 0 amide bonds. The molecule has 0 saturated carbocycles. The fraction of sp³-hybridized carbons (Fsp3) is 0. The number of hydrogen-bond acceptors (Lipinski definition) is 4. The van der Waals surface area contributed by atoms with Crippen LogP contribution >= 0.6 is 39.3 Å². The number of aromatic nitrogens is 2. The van der Waals surface area contributed by atoms with E-state index in [4.69, 9.17) is 11.6 Å². The van der Waals surface area contributed by atoms with E-state index in [9.17, 15) is 4.39 Å². The second kappa shape index (κ2) is 4.42. The number of anilines is 2. The number of rotatable bonds is 2. The van der Waals surface area contributed by atoms with Crippen LogP contribution in [0.5, 0.6) is 0 Å². The zero-order valence-electron chi connectivity index (χ0n) is 7.17. The van der Waals surface area contributed by atoms with Crippen molar-refractivity contribution < 1.29 is 4.39 Å². The molecule has 0 bridgehead atoms. The molecule has 15 heavy (non-hydrogen) atoms. The van der Waals surface area contributed by atoms with Gasteiger partial charge in [-0.2, -0.15) is 8.75 Å². The first-order chi connectivity index (χ1) is 7.16. The summed E-state index contributed by atoms with van der Waals surface area (Å²) in [7, 11) is 0. The Kier molecular flexibility index (Phi) is 3.18. The molecule has 3 nitrogen and oxygen atoms in total. The predicted octanol–water partition coefficient (Wildman–Crippen LogP) is 3.84. The number of benzene rings is 1. The first-order valence-electron chi connectivity index (χ1n) is 3.87. The van der Waals surface area contributed by atoms with Crippen molar-refractivity contribution in [3.05, 3.63) is 33.6 Å². The third kappa shape index (κ3) is 2.45. The average molecular weight is 309 g/mol. The van der Waals surface area contributed by atoms with Crippen LogP contribution in [-0.2, 0) is 0 Å². The summed E-state index contributed by atoms with van der Waals surface area (Å²) in [6, 6.07) is 4.56. The summed E-state index contributed by atoms with van der Waals surface area (Å²) in [5, 5.41) is 3.00. The molecule has 0 aliphatic heterocycles. The second-order valence-electron chi connectivity index (χ2n) is 2.65. The third-order valence-electron chi connectivity index (χ3n) is 1.63. The van der Waals surface area contributed by atoms with E-state index >= 15 is 0 Å². The van der Waals surface area contributed by atoms with Crippen LogP contribution in [-0.4, -0.2) is 8.75 Å². The van der Waals surface area contributed by atoms with Crippen LogP contribution in [0.3, 0.4) is 0 Å². The van der Waals surface area contributed by atoms with Crippen molar-refractivity contribution in [3.8, 4) is 0 Å². The third-order valence-corrected chi connectivity index (χ3v) is 3.02. The Morgan fingerprint density at radius 2 is 2.20 bits per heavy atom. The smallest absolute Gasteiger partial charge is 0.187 e. The molecule has 1 aromatic heterocycles. The van der Waals surface area contributed by atoms with Crippen molar-refractivity contribution in [1.82, 2.24) is 8.75 Å². The van der Waals surface area contributed by atoms with Crippen LogP contribution in [0.25, 0.3) is 0 Å². The van der Waals surface area contributed by atoms with Gasteiger partial charge in [-0.05, 0) is 18.2 Å². The molecular weight excluding hydrogens is 305 g/mol. The van der Waals surface area contributed by atoms with Crippen molar-refractivity contribution in [2.45, 2.75) is 0 Å². The molecule has 0 aliphatic carbocycles. The highest BCUT2D eigenvalue weighted by Gasteiger charge is 2.08. The van der Waals surface area contributed by atoms with Crippen molar-refractivity contribution in [2.24, 2.45) is 0 Å². The van der Waals surface area contributed by atoms with Crippen molar-refractivity contribution in [3.63, 3.8) is 0 Å². The maximum Gasteiger partial charge on any atom is 0.187 e. The highest BCUT2D eigenvalue weighted by molar-refractivity contribution is 9.10. The van der Waals surface area contributed by atoms with Crippen LogP contribution in [0.2, 0.25) is 5.15 Å². The minimum Gasteiger partial charge on any atom is -0.334 e. The molecule has 0 unspecified atom stereocenters. The average Bonchev–Trinajstić information content (AvgIpc) is 2.58. The lowest BCUT2D eigenvalue weighted by atomic mass is 10.3. The maximum atomic E-state index is 13.3. The van der Waals surface area contributed by atoms with Crippen LogP contribution in [0.15, 0.2) is 22.7 Å². The Morgan fingerprint density at radius 1 is 1.40 bits per heavy atom. The molecular formula is C8H4BrClFN3S. The van der Waals surface area contributed by atoms with Gasteiger partial charge < -0.3 is 5.32 Å². The molecule has 2 rings (SSSR count). The summed E-state index contributed by atoms with van der Waals surface area (Å²) in [6.07, 6.45) is 0. The fourth-order valence-corrected chi connectivity index (χ4v) is 1.98. The topological polar surface area (TPSA) is 37.8 Å². The Balaban J connectivity index is 2.32. The normalized spacial score (nSPS) is 10.3. The van der Waals surface area contributed by atoms with Gasteiger partial charge in [-0.15, -0.1) is 0 Å². The SMILES string of the molecule is Fc1ccc(Br)cc1Nc1nsnc1Cl. The molecule has 1 N–H and O–H groups in total. The van der Waals surface area contributed by atoms with Gasteiger partial charge in [-0.1, -0.05) is 27.5 Å². The molecule has 0 radical (unpaired) electrons. The van der Waals surface area contributed by atoms with Gasteiger partial charge in [-0.3, -0.25) is 0 Å². The van der Waals surface area contributed by atoms with Gasteiger partial charge in [-0.25, -0.2) is 4.39 Å². The molecule has 2 aromatic rings. The predicted molar refractivity (Wildman–Crippen MR) is 62.3 cm³/mol. The minimum atomic E-state index is -0.373. The highest BCUT2D eigenvalue weighted by Crippen LogP contribution is 2.26. The van der Waals surface area contributed by atoms with E-state index in [1.54, 1.807) is 12.1 Å². The molecule has 0 atom stereocenters. The van der Waals surface area contributed by atoms with E-state index in [2.05, 4.69) is 30.0 Å². The molecule has 1 heterocycles. The van der Waals surface area contributed by atoms with Gasteiger partial charge in [0.05, 0.1) is 17.4 Å². The van der Waals surface area contributed by atoms with Gasteiger partial charge in [0.2, 0.25) is 0 Å². The summed E-state index contributed by atoms with van der Waals surface area (Å²) < 4.78 is 21.7. The summed E-state index contributed by atoms with van der Waals surface area (Å²) in [6.45, 7) is 0. The standard InChI is InChI=1S/C8H4BrClFN3S/c9-4-1-2-5(11)6(3-4)12-8-7(10)13-15-14-8/h1-3H,(H,12,14). The summed E-state index contributed by atoms with van der Waals surface area (Å²) in [5.41, 5.74) is 0.305. The van der Waals surface area contributed by atoms with Gasteiger partial charge >= 0.3 is 0 Å². The Hall–Kier alpha value is -0.720. The number of nitrogens with zero attached hydrogens (tertiary/aromatic N) is 2. The zero-order valence-corrected chi connectivity index (χ0v) is 10.3. The number of hydrogen-bond donors (Lipinski definition) is 1. The lowest BCUT2D eigenvalue weighted by Crippen LogP contribution is -1.94.